The number of carbonyl (C=O) groups is 1. The molecule has 1 aliphatic rings. The quantitative estimate of drug-likeness (QED) is 0.873. The molecule has 0 saturated carbocycles. The van der Waals surface area contributed by atoms with Crippen molar-refractivity contribution in [2.75, 3.05) is 13.2 Å². The maximum Gasteiger partial charge on any atom is 0.335 e. The highest BCUT2D eigenvalue weighted by molar-refractivity contribution is 7.89. The van der Waals surface area contributed by atoms with Crippen LogP contribution in [-0.2, 0) is 14.8 Å². The van der Waals surface area contributed by atoms with Gasteiger partial charge < -0.3 is 9.84 Å². The second kappa shape index (κ2) is 6.08. The molecule has 2 N–H and O–H groups in total. The zero-order chi connectivity index (χ0) is 15.6. The fraction of sp³-hybridized carbons (Fsp3) is 0.462. The summed E-state index contributed by atoms with van der Waals surface area (Å²) in [6.07, 6.45) is 1.36. The average molecular weight is 317 g/mol. The number of nitrogens with one attached hydrogen (secondary N) is 1. The number of hydrogen-bond acceptors (Lipinski definition) is 4. The van der Waals surface area contributed by atoms with Crippen molar-refractivity contribution in [3.05, 3.63) is 29.1 Å². The second-order valence-electron chi connectivity index (χ2n) is 4.92. The minimum Gasteiger partial charge on any atom is -0.478 e. The van der Waals surface area contributed by atoms with Crippen molar-refractivity contribution in [3.63, 3.8) is 0 Å². The Labute approximate surface area is 122 Å². The molecule has 0 aromatic heterocycles. The van der Waals surface area contributed by atoms with Crippen molar-refractivity contribution >= 4 is 16.0 Å². The van der Waals surface area contributed by atoms with Crippen molar-refractivity contribution < 1.29 is 27.4 Å². The molecular weight excluding hydrogens is 301 g/mol. The van der Waals surface area contributed by atoms with Gasteiger partial charge in [-0.1, -0.05) is 0 Å². The van der Waals surface area contributed by atoms with Gasteiger partial charge in [0.2, 0.25) is 10.0 Å². The molecule has 0 aliphatic carbocycles. The molecule has 21 heavy (non-hydrogen) atoms. The summed E-state index contributed by atoms with van der Waals surface area (Å²) in [6.45, 7) is 2.13. The van der Waals surface area contributed by atoms with Crippen LogP contribution in [0.3, 0.4) is 0 Å². The lowest BCUT2D eigenvalue weighted by Crippen LogP contribution is -2.40. The van der Waals surface area contributed by atoms with Gasteiger partial charge >= 0.3 is 5.97 Å². The third kappa shape index (κ3) is 3.58. The minimum absolute atomic E-state index is 0.107. The van der Waals surface area contributed by atoms with Gasteiger partial charge in [0.15, 0.2) is 0 Å². The summed E-state index contributed by atoms with van der Waals surface area (Å²) in [5.41, 5.74) is -0.511. The standard InChI is InChI=1S/C13H16FNO5S/c1-8-11(14)5-9(13(16)17)6-12(8)21(18,19)15-10-3-2-4-20-7-10/h5-6,10,15H,2-4,7H2,1H3,(H,16,17). The van der Waals surface area contributed by atoms with Crippen molar-refractivity contribution in [1.29, 1.82) is 0 Å². The van der Waals surface area contributed by atoms with Crippen LogP contribution in [0.25, 0.3) is 0 Å². The van der Waals surface area contributed by atoms with E-state index in [2.05, 4.69) is 4.72 Å². The van der Waals surface area contributed by atoms with Crippen molar-refractivity contribution in [1.82, 2.24) is 4.72 Å². The first kappa shape index (κ1) is 15.9. The summed E-state index contributed by atoms with van der Waals surface area (Å²) >= 11 is 0. The zero-order valence-electron chi connectivity index (χ0n) is 11.4. The molecule has 1 fully saturated rings. The lowest BCUT2D eigenvalue weighted by atomic mass is 10.1. The van der Waals surface area contributed by atoms with Gasteiger partial charge in [0.25, 0.3) is 0 Å². The van der Waals surface area contributed by atoms with Crippen LogP contribution in [-0.4, -0.2) is 38.7 Å². The number of halogens is 1. The first-order valence-corrected chi connectivity index (χ1v) is 7.93. The van der Waals surface area contributed by atoms with Gasteiger partial charge in [-0.3, -0.25) is 0 Å². The number of aromatic carboxylic acids is 1. The predicted molar refractivity (Wildman–Crippen MR) is 72.3 cm³/mol. The van der Waals surface area contributed by atoms with Crippen molar-refractivity contribution in [2.45, 2.75) is 30.7 Å². The van der Waals surface area contributed by atoms with E-state index in [4.69, 9.17) is 9.84 Å². The summed E-state index contributed by atoms with van der Waals surface area (Å²) < 4.78 is 46.0. The van der Waals surface area contributed by atoms with E-state index < -0.39 is 27.4 Å². The SMILES string of the molecule is Cc1c(F)cc(C(=O)O)cc1S(=O)(=O)NC1CCCOC1. The van der Waals surface area contributed by atoms with Crippen LogP contribution in [0.4, 0.5) is 4.39 Å². The molecule has 1 aromatic carbocycles. The van der Waals surface area contributed by atoms with E-state index in [9.17, 15) is 17.6 Å². The fourth-order valence-electron chi connectivity index (χ4n) is 2.17. The molecule has 116 valence electrons. The molecule has 2 rings (SSSR count). The van der Waals surface area contributed by atoms with Crippen LogP contribution in [0.15, 0.2) is 17.0 Å². The Morgan fingerprint density at radius 1 is 1.48 bits per heavy atom. The number of benzene rings is 1. The van der Waals surface area contributed by atoms with E-state index >= 15 is 0 Å². The Balaban J connectivity index is 2.36. The van der Waals surface area contributed by atoms with Gasteiger partial charge in [0.1, 0.15) is 5.82 Å². The van der Waals surface area contributed by atoms with Crippen molar-refractivity contribution in [3.8, 4) is 0 Å². The van der Waals surface area contributed by atoms with E-state index in [1.807, 2.05) is 0 Å². The minimum atomic E-state index is -4.00. The Morgan fingerprint density at radius 3 is 2.76 bits per heavy atom. The van der Waals surface area contributed by atoms with Crippen LogP contribution in [0.1, 0.15) is 28.8 Å². The summed E-state index contributed by atoms with van der Waals surface area (Å²) in [5, 5.41) is 8.91. The van der Waals surface area contributed by atoms with E-state index in [0.29, 0.717) is 13.0 Å². The summed E-state index contributed by atoms with van der Waals surface area (Å²) in [4.78, 5) is 10.6. The number of ether oxygens (including phenoxy) is 1. The normalized spacial score (nSPS) is 19.4. The highest BCUT2D eigenvalue weighted by atomic mass is 32.2. The predicted octanol–water partition coefficient (Wildman–Crippen LogP) is 1.29. The molecule has 0 spiro atoms. The Kier molecular flexibility index (Phi) is 4.60. The summed E-state index contributed by atoms with van der Waals surface area (Å²) in [7, 11) is -4.00. The number of sulfonamides is 1. The largest absolute Gasteiger partial charge is 0.478 e. The Hall–Kier alpha value is -1.51. The topological polar surface area (TPSA) is 92.7 Å². The molecule has 6 nitrogen and oxygen atoms in total. The molecule has 1 aliphatic heterocycles. The van der Waals surface area contributed by atoms with Gasteiger partial charge in [0, 0.05) is 18.2 Å². The summed E-state index contributed by atoms with van der Waals surface area (Å²) in [5.74, 6) is -2.25. The number of carboxylic acids is 1. The first-order chi connectivity index (χ1) is 9.81. The first-order valence-electron chi connectivity index (χ1n) is 6.45. The molecule has 1 saturated heterocycles. The molecule has 0 amide bonds. The van der Waals surface area contributed by atoms with Crippen LogP contribution in [0.2, 0.25) is 0 Å². The van der Waals surface area contributed by atoms with Gasteiger partial charge in [0.05, 0.1) is 17.1 Å². The maximum atomic E-state index is 13.7. The zero-order valence-corrected chi connectivity index (χ0v) is 12.2. The van der Waals surface area contributed by atoms with E-state index in [1.54, 1.807) is 0 Å². The fourth-order valence-corrected chi connectivity index (χ4v) is 3.71. The van der Waals surface area contributed by atoms with Gasteiger partial charge in [-0.25, -0.2) is 22.3 Å². The third-order valence-corrected chi connectivity index (χ3v) is 4.96. The van der Waals surface area contributed by atoms with Gasteiger partial charge in [-0.2, -0.15) is 0 Å². The molecule has 1 atom stereocenters. The summed E-state index contributed by atoms with van der Waals surface area (Å²) in [6, 6.07) is 1.38. The molecular formula is C13H16FNO5S. The van der Waals surface area contributed by atoms with Gasteiger partial charge in [-0.05, 0) is 31.9 Å². The number of hydrogen-bond donors (Lipinski definition) is 2. The third-order valence-electron chi connectivity index (χ3n) is 3.32. The Morgan fingerprint density at radius 2 is 2.19 bits per heavy atom. The molecule has 0 radical (unpaired) electrons. The Bertz CT molecular complexity index is 653. The molecule has 0 bridgehead atoms. The smallest absolute Gasteiger partial charge is 0.335 e. The number of carboxylic acid groups (broad SMARTS) is 1. The maximum absolute atomic E-state index is 13.7. The molecule has 1 heterocycles. The lowest BCUT2D eigenvalue weighted by Gasteiger charge is -2.23. The molecule has 1 aromatic rings. The van der Waals surface area contributed by atoms with Crippen LogP contribution in [0.5, 0.6) is 0 Å². The van der Waals surface area contributed by atoms with Crippen molar-refractivity contribution in [2.24, 2.45) is 0 Å². The van der Waals surface area contributed by atoms with Gasteiger partial charge in [-0.15, -0.1) is 0 Å². The highest BCUT2D eigenvalue weighted by Gasteiger charge is 2.26. The second-order valence-corrected chi connectivity index (χ2v) is 6.60. The number of rotatable bonds is 4. The average Bonchev–Trinajstić information content (AvgIpc) is 2.41. The van der Waals surface area contributed by atoms with Crippen LogP contribution < -0.4 is 4.72 Å². The van der Waals surface area contributed by atoms with Crippen LogP contribution in [0, 0.1) is 12.7 Å². The van der Waals surface area contributed by atoms with Crippen LogP contribution >= 0.6 is 0 Å². The molecule has 1 unspecified atom stereocenters. The van der Waals surface area contributed by atoms with E-state index in [-0.39, 0.29) is 23.1 Å². The lowest BCUT2D eigenvalue weighted by molar-refractivity contribution is 0.0696. The van der Waals surface area contributed by atoms with E-state index in [0.717, 1.165) is 18.6 Å². The molecule has 8 heteroatoms. The highest BCUT2D eigenvalue weighted by Crippen LogP contribution is 2.22. The monoisotopic (exact) mass is 317 g/mol. The van der Waals surface area contributed by atoms with E-state index in [1.165, 1.54) is 6.92 Å².